The highest BCUT2D eigenvalue weighted by Crippen LogP contribution is 2.20. The molecular formula is C35H49N. The molecule has 0 aliphatic heterocycles. The van der Waals surface area contributed by atoms with Gasteiger partial charge in [-0.05, 0) is 66.8 Å². The second-order valence-electron chi connectivity index (χ2n) is 10.6. The van der Waals surface area contributed by atoms with E-state index in [-0.39, 0.29) is 0 Å². The number of hydrogen-bond acceptors (Lipinski definition) is 1. The number of nitrogens with zero attached hydrogens (tertiary/aromatic N) is 1. The van der Waals surface area contributed by atoms with Crippen molar-refractivity contribution in [1.29, 1.82) is 0 Å². The average Bonchev–Trinajstić information content (AvgIpc) is 2.93. The van der Waals surface area contributed by atoms with Crippen LogP contribution in [0.1, 0.15) is 113 Å². The molecule has 0 spiro atoms. The fourth-order valence-electron chi connectivity index (χ4n) is 4.97. The van der Waals surface area contributed by atoms with Crippen molar-refractivity contribution in [2.75, 3.05) is 0 Å². The zero-order valence-electron chi connectivity index (χ0n) is 23.1. The molecule has 0 aliphatic rings. The number of aryl methyl sites for hydroxylation is 4. The van der Waals surface area contributed by atoms with Crippen LogP contribution in [-0.4, -0.2) is 4.98 Å². The van der Waals surface area contributed by atoms with Crippen LogP contribution in [0.4, 0.5) is 0 Å². The van der Waals surface area contributed by atoms with Gasteiger partial charge in [0, 0.05) is 11.8 Å². The van der Waals surface area contributed by atoms with Crippen LogP contribution in [-0.2, 0) is 25.7 Å². The van der Waals surface area contributed by atoms with Crippen molar-refractivity contribution < 1.29 is 0 Å². The molecule has 0 unspecified atom stereocenters. The molecule has 0 aliphatic carbocycles. The molecular weight excluding hydrogens is 434 g/mol. The Labute approximate surface area is 221 Å². The van der Waals surface area contributed by atoms with Crippen molar-refractivity contribution in [3.05, 3.63) is 89.1 Å². The minimum atomic E-state index is 1.08. The molecule has 0 bridgehead atoms. The molecule has 1 heterocycles. The maximum atomic E-state index is 4.75. The number of benzene rings is 2. The van der Waals surface area contributed by atoms with Crippen molar-refractivity contribution in [3.8, 4) is 11.3 Å². The number of rotatable bonds is 18. The number of aromatic nitrogens is 1. The van der Waals surface area contributed by atoms with Crippen LogP contribution in [0, 0.1) is 0 Å². The maximum Gasteiger partial charge on any atom is 0.0702 e. The minimum absolute atomic E-state index is 1.08. The Kier molecular flexibility index (Phi) is 13.4. The van der Waals surface area contributed by atoms with Gasteiger partial charge in [-0.25, -0.2) is 0 Å². The highest BCUT2D eigenvalue weighted by atomic mass is 14.7. The fourth-order valence-corrected chi connectivity index (χ4v) is 4.97. The fraction of sp³-hybridized carbons (Fsp3) is 0.514. The lowest BCUT2D eigenvalue weighted by Crippen LogP contribution is -1.93. The topological polar surface area (TPSA) is 12.9 Å². The highest BCUT2D eigenvalue weighted by Gasteiger charge is 2.03. The van der Waals surface area contributed by atoms with Crippen LogP contribution in [0.15, 0.2) is 66.9 Å². The molecule has 0 saturated carbocycles. The van der Waals surface area contributed by atoms with Gasteiger partial charge >= 0.3 is 0 Å². The van der Waals surface area contributed by atoms with Crippen LogP contribution in [0.5, 0.6) is 0 Å². The summed E-state index contributed by atoms with van der Waals surface area (Å²) in [5.74, 6) is 0. The molecule has 0 atom stereocenters. The smallest absolute Gasteiger partial charge is 0.0702 e. The Hall–Kier alpha value is -2.41. The lowest BCUT2D eigenvalue weighted by Gasteiger charge is -2.07. The van der Waals surface area contributed by atoms with Crippen molar-refractivity contribution in [2.45, 2.75) is 117 Å². The molecule has 0 amide bonds. The van der Waals surface area contributed by atoms with Crippen molar-refractivity contribution >= 4 is 0 Å². The quantitative estimate of drug-likeness (QED) is 0.164. The summed E-state index contributed by atoms with van der Waals surface area (Å²) in [4.78, 5) is 4.75. The van der Waals surface area contributed by atoms with Crippen molar-refractivity contribution in [3.63, 3.8) is 0 Å². The third kappa shape index (κ3) is 10.7. The SMILES string of the molecule is CCCCCCCCc1ccc(CCc2ccc(-c3ccc(CCCCCCCC)cn3)cc2)cc1. The molecule has 3 aromatic rings. The van der Waals surface area contributed by atoms with Gasteiger partial charge in [0.1, 0.15) is 0 Å². The molecule has 0 saturated heterocycles. The van der Waals surface area contributed by atoms with E-state index < -0.39 is 0 Å². The van der Waals surface area contributed by atoms with Gasteiger partial charge in [-0.3, -0.25) is 4.98 Å². The van der Waals surface area contributed by atoms with Crippen LogP contribution in [0.2, 0.25) is 0 Å². The summed E-state index contributed by atoms with van der Waals surface area (Å²) in [5, 5.41) is 0. The van der Waals surface area contributed by atoms with Gasteiger partial charge in [0.15, 0.2) is 0 Å². The zero-order valence-corrected chi connectivity index (χ0v) is 23.1. The monoisotopic (exact) mass is 483 g/mol. The van der Waals surface area contributed by atoms with E-state index >= 15 is 0 Å². The summed E-state index contributed by atoms with van der Waals surface area (Å²) in [5.41, 5.74) is 7.98. The van der Waals surface area contributed by atoms with E-state index in [1.54, 1.807) is 0 Å². The van der Waals surface area contributed by atoms with Gasteiger partial charge in [0.25, 0.3) is 0 Å². The summed E-state index contributed by atoms with van der Waals surface area (Å²) >= 11 is 0. The van der Waals surface area contributed by atoms with E-state index in [1.165, 1.54) is 111 Å². The lowest BCUT2D eigenvalue weighted by atomic mass is 9.99. The predicted molar refractivity (Wildman–Crippen MR) is 158 cm³/mol. The predicted octanol–water partition coefficient (Wildman–Crippen LogP) is 10.3. The Bertz CT molecular complexity index is 937. The standard InChI is InChI=1S/C35H49N/c1-3-5-7-9-11-13-15-30-17-19-31(20-18-30)21-22-32-23-26-34(27-24-32)35-28-25-33(29-36-35)16-14-12-10-8-6-4-2/h17-20,23-29H,3-16,21-22H2,1-2H3. The summed E-state index contributed by atoms with van der Waals surface area (Å²) in [7, 11) is 0. The third-order valence-corrected chi connectivity index (χ3v) is 7.44. The Morgan fingerprint density at radius 3 is 1.33 bits per heavy atom. The van der Waals surface area contributed by atoms with Crippen LogP contribution in [0.3, 0.4) is 0 Å². The lowest BCUT2D eigenvalue weighted by molar-refractivity contribution is 0.607. The molecule has 2 aromatic carbocycles. The van der Waals surface area contributed by atoms with Gasteiger partial charge in [-0.2, -0.15) is 0 Å². The van der Waals surface area contributed by atoms with E-state index in [1.807, 2.05) is 0 Å². The Morgan fingerprint density at radius 2 is 0.833 bits per heavy atom. The number of unbranched alkanes of at least 4 members (excludes halogenated alkanes) is 10. The first-order valence-corrected chi connectivity index (χ1v) is 14.9. The van der Waals surface area contributed by atoms with Gasteiger partial charge in [-0.1, -0.05) is 133 Å². The Morgan fingerprint density at radius 1 is 0.417 bits per heavy atom. The molecule has 1 aromatic heterocycles. The summed E-state index contributed by atoms with van der Waals surface area (Å²) in [6.07, 6.45) is 22.9. The normalized spacial score (nSPS) is 11.2. The van der Waals surface area contributed by atoms with Crippen molar-refractivity contribution in [1.82, 2.24) is 4.98 Å². The molecule has 0 N–H and O–H groups in total. The molecule has 36 heavy (non-hydrogen) atoms. The van der Waals surface area contributed by atoms with E-state index in [2.05, 4.69) is 80.7 Å². The van der Waals surface area contributed by atoms with Gasteiger partial charge < -0.3 is 0 Å². The van der Waals surface area contributed by atoms with E-state index in [4.69, 9.17) is 4.98 Å². The first-order valence-electron chi connectivity index (χ1n) is 14.9. The first-order chi connectivity index (χ1) is 17.8. The second-order valence-corrected chi connectivity index (χ2v) is 10.6. The van der Waals surface area contributed by atoms with Crippen LogP contribution < -0.4 is 0 Å². The molecule has 0 radical (unpaired) electrons. The van der Waals surface area contributed by atoms with E-state index in [0.717, 1.165) is 25.0 Å². The Balaban J connectivity index is 1.37. The highest BCUT2D eigenvalue weighted by molar-refractivity contribution is 5.59. The molecule has 0 fully saturated rings. The molecule has 1 heteroatoms. The number of hydrogen-bond donors (Lipinski definition) is 0. The first kappa shape index (κ1) is 28.2. The van der Waals surface area contributed by atoms with Gasteiger partial charge in [-0.15, -0.1) is 0 Å². The summed E-state index contributed by atoms with van der Waals surface area (Å²) in [6, 6.07) is 22.8. The van der Waals surface area contributed by atoms with Gasteiger partial charge in [0.05, 0.1) is 5.69 Å². The van der Waals surface area contributed by atoms with E-state index in [9.17, 15) is 0 Å². The second kappa shape index (κ2) is 17.1. The number of pyridine rings is 1. The molecule has 1 nitrogen and oxygen atoms in total. The van der Waals surface area contributed by atoms with Gasteiger partial charge in [0.2, 0.25) is 0 Å². The van der Waals surface area contributed by atoms with Crippen LogP contribution in [0.25, 0.3) is 11.3 Å². The summed E-state index contributed by atoms with van der Waals surface area (Å²) in [6.45, 7) is 4.56. The van der Waals surface area contributed by atoms with Crippen molar-refractivity contribution in [2.24, 2.45) is 0 Å². The largest absolute Gasteiger partial charge is 0.256 e. The molecule has 3 rings (SSSR count). The average molecular weight is 484 g/mol. The summed E-state index contributed by atoms with van der Waals surface area (Å²) < 4.78 is 0. The maximum absolute atomic E-state index is 4.75. The molecule has 194 valence electrons. The minimum Gasteiger partial charge on any atom is -0.256 e. The third-order valence-electron chi connectivity index (χ3n) is 7.44. The van der Waals surface area contributed by atoms with E-state index in [0.29, 0.717) is 0 Å². The zero-order chi connectivity index (χ0) is 25.3. The van der Waals surface area contributed by atoms with Crippen LogP contribution >= 0.6 is 0 Å².